The first-order chi connectivity index (χ1) is 68.1. The third-order valence-electron chi connectivity index (χ3n) is 21.1. The van der Waals surface area contributed by atoms with E-state index < -0.39 is 44.4 Å². The van der Waals surface area contributed by atoms with Crippen LogP contribution in [0.3, 0.4) is 0 Å². The zero-order valence-corrected chi connectivity index (χ0v) is 85.3. The molecule has 0 fully saturated rings. The SMILES string of the molecule is CCC(=O)Nc1cccc(Br)c1COc1ccc(C)cc1C(F)F.CCC(=O)Nc1cccc(C)c1COc1ccc(C)cc1C(F)F.CCC(=O)Nc1cccc(Cl)c1COc1ccc(C)cc1C(F)F.CCC(=O)Nc1cccc(F)c1COc1ccc(C)cc1C(F)F.CCC(=O)Nc1cccc(I)c1COc1ccc(C)cc1C(F)F.CCC(=O)Nc1ccccc1COc1ccc(C)cc1C(F)F. The second-order valence-electron chi connectivity index (χ2n) is 32.0. The van der Waals surface area contributed by atoms with Crippen molar-refractivity contribution in [2.75, 3.05) is 31.9 Å². The Balaban J connectivity index is 0.000000233. The van der Waals surface area contributed by atoms with Gasteiger partial charge in [-0.25, -0.2) is 57.1 Å². The molecule has 12 rings (SSSR count). The Morgan fingerprint density at radius 3 is 0.874 bits per heavy atom. The van der Waals surface area contributed by atoms with Crippen molar-refractivity contribution in [1.29, 1.82) is 0 Å². The lowest BCUT2D eigenvalue weighted by Crippen LogP contribution is -2.13. The van der Waals surface area contributed by atoms with Gasteiger partial charge in [-0.15, -0.1) is 0 Å². The highest BCUT2D eigenvalue weighted by Crippen LogP contribution is 2.40. The summed E-state index contributed by atoms with van der Waals surface area (Å²) >= 11 is 11.7. The highest BCUT2D eigenvalue weighted by Gasteiger charge is 2.25. The minimum atomic E-state index is -2.69. The molecule has 0 spiro atoms. The Morgan fingerprint density at radius 1 is 0.287 bits per heavy atom. The minimum absolute atomic E-state index is 0.00776. The normalized spacial score (nSPS) is 10.7. The summed E-state index contributed by atoms with van der Waals surface area (Å²) in [6.07, 6.45) is -13.7. The number of carbonyl (C=O) groups is 6. The van der Waals surface area contributed by atoms with Crippen molar-refractivity contribution >= 4 is 120 Å². The van der Waals surface area contributed by atoms with Crippen LogP contribution in [0.2, 0.25) is 5.02 Å². The summed E-state index contributed by atoms with van der Waals surface area (Å²) < 4.78 is 207. The quantitative estimate of drug-likeness (QED) is 0.0159. The van der Waals surface area contributed by atoms with Gasteiger partial charge in [0.1, 0.15) is 80.0 Å². The zero-order valence-electron chi connectivity index (χ0n) is 80.8. The van der Waals surface area contributed by atoms with E-state index in [4.69, 9.17) is 40.0 Å². The maximum absolute atomic E-state index is 14.1. The molecule has 6 N–H and O–H groups in total. The molecule has 0 saturated carbocycles. The molecule has 762 valence electrons. The fraction of sp³-hybridized carbons (Fsp3) is 0.284. The molecule has 0 aliphatic heterocycles. The van der Waals surface area contributed by atoms with Crippen molar-refractivity contribution in [2.24, 2.45) is 0 Å². The lowest BCUT2D eigenvalue weighted by atomic mass is 10.1. The standard InChI is InChI=1S/C19H21F2NO2.C18H18BrF2NO2.C18H18ClF2NO2.C18H18F3NO2.C18H18F2INO2.C18H19F2NO2/c1-4-18(23)22-16-7-5-6-13(3)15(16)11-24-17-9-8-12(2)10-14(17)19(20)21;3*1-3-17(23)22-15-6-4-5-14(19)13(15)10-24-16-8-7-11(2)9-12(16)18(20)21;1-3-17(23)22-15-6-4-5-14(21)13(15)10-24-16-8-7-11(2)9-12(16)18(19)20;1-3-17(22)21-15-7-5-4-6-13(15)11-23-16-9-8-12(2)10-14(16)18(19)20/h5-10,19H,4,11H2,1-3H3,(H,22,23);4*4-9,18H,3,10H2,1-2H3,(H,22,23);4-10,18H,3,11H2,1-2H3,(H,21,22). The Labute approximate surface area is 850 Å². The monoisotopic (exact) mass is 2180 g/mol. The number of carbonyl (C=O) groups excluding carboxylic acids is 6. The molecule has 34 heteroatoms. The van der Waals surface area contributed by atoms with Gasteiger partial charge in [0.2, 0.25) is 35.4 Å². The molecule has 0 heterocycles. The lowest BCUT2D eigenvalue weighted by molar-refractivity contribution is -0.116. The molecular weight excluding hydrogens is 2070 g/mol. The van der Waals surface area contributed by atoms with Gasteiger partial charge in [-0.2, -0.15) is 0 Å². The van der Waals surface area contributed by atoms with Gasteiger partial charge in [-0.05, 0) is 210 Å². The van der Waals surface area contributed by atoms with Crippen LogP contribution in [-0.2, 0) is 68.4 Å². The first kappa shape index (κ1) is 117. The third kappa shape index (κ3) is 37.3. The molecule has 0 aliphatic carbocycles. The van der Waals surface area contributed by atoms with Gasteiger partial charge in [-0.1, -0.05) is 193 Å². The minimum Gasteiger partial charge on any atom is -0.488 e. The van der Waals surface area contributed by atoms with E-state index in [1.54, 1.807) is 204 Å². The highest BCUT2D eigenvalue weighted by atomic mass is 127. The summed E-state index contributed by atoms with van der Waals surface area (Å²) in [6.45, 7) is 22.9. The summed E-state index contributed by atoms with van der Waals surface area (Å²) in [5.74, 6) is -0.764. The molecule has 143 heavy (non-hydrogen) atoms. The molecule has 0 atom stereocenters. The number of nitrogens with one attached hydrogen (secondary N) is 6. The zero-order chi connectivity index (χ0) is 105. The van der Waals surface area contributed by atoms with Crippen LogP contribution in [0.25, 0.3) is 0 Å². The van der Waals surface area contributed by atoms with Crippen molar-refractivity contribution in [2.45, 2.75) is 207 Å². The van der Waals surface area contributed by atoms with Crippen LogP contribution in [0.5, 0.6) is 34.5 Å². The number of benzene rings is 12. The fourth-order valence-corrected chi connectivity index (χ4v) is 14.6. The van der Waals surface area contributed by atoms with E-state index in [0.717, 1.165) is 58.1 Å². The average molecular weight is 2190 g/mol. The number of rotatable bonds is 36. The maximum atomic E-state index is 14.1. The topological polar surface area (TPSA) is 230 Å². The van der Waals surface area contributed by atoms with E-state index in [2.05, 4.69) is 70.4 Å². The van der Waals surface area contributed by atoms with Gasteiger partial charge >= 0.3 is 0 Å². The van der Waals surface area contributed by atoms with Crippen molar-refractivity contribution < 1.29 is 114 Å². The molecule has 0 unspecified atom stereocenters. The number of para-hydroxylation sites is 1. The Morgan fingerprint density at radius 2 is 0.531 bits per heavy atom. The van der Waals surface area contributed by atoms with Crippen LogP contribution in [0.15, 0.2) is 229 Å². The molecule has 0 aromatic heterocycles. The van der Waals surface area contributed by atoms with Crippen LogP contribution in [0, 0.1) is 57.9 Å². The van der Waals surface area contributed by atoms with Crippen molar-refractivity contribution in [3.05, 3.63) is 349 Å². The van der Waals surface area contributed by atoms with Gasteiger partial charge in [0.25, 0.3) is 38.6 Å². The summed E-state index contributed by atoms with van der Waals surface area (Å²) in [6, 6.07) is 60.6. The molecule has 0 bridgehead atoms. The predicted molar refractivity (Wildman–Crippen MR) is 545 cm³/mol. The third-order valence-corrected chi connectivity index (χ3v) is 23.2. The number of hydrogen-bond donors (Lipinski definition) is 6. The summed E-state index contributed by atoms with van der Waals surface area (Å²) in [7, 11) is 0. The van der Waals surface area contributed by atoms with Crippen LogP contribution < -0.4 is 60.3 Å². The first-order valence-electron chi connectivity index (χ1n) is 45.2. The molecule has 12 aromatic carbocycles. The fourth-order valence-electron chi connectivity index (χ4n) is 13.2. The smallest absolute Gasteiger partial charge is 0.267 e. The van der Waals surface area contributed by atoms with E-state index in [1.165, 1.54) is 66.7 Å². The number of aryl methyl sites for hydroxylation is 7. The van der Waals surface area contributed by atoms with Crippen molar-refractivity contribution in [3.8, 4) is 34.5 Å². The van der Waals surface area contributed by atoms with E-state index >= 15 is 0 Å². The highest BCUT2D eigenvalue weighted by molar-refractivity contribution is 14.1. The summed E-state index contributed by atoms with van der Waals surface area (Å²) in [5, 5.41) is 16.9. The second-order valence-corrected chi connectivity index (χ2v) is 34.4. The maximum Gasteiger partial charge on any atom is 0.267 e. The Bertz CT molecular complexity index is 5560. The largest absolute Gasteiger partial charge is 0.488 e. The average Bonchev–Trinajstić information content (AvgIpc) is 0.833. The number of ether oxygens (including phenoxy) is 6. The molecule has 0 aliphatic rings. The van der Waals surface area contributed by atoms with Gasteiger partial charge < -0.3 is 60.3 Å². The van der Waals surface area contributed by atoms with Gasteiger partial charge in [0.05, 0.1) is 39.1 Å². The van der Waals surface area contributed by atoms with Crippen LogP contribution in [-0.4, -0.2) is 35.4 Å². The molecule has 12 aromatic rings. The number of amides is 6. The number of halogens is 16. The Hall–Kier alpha value is -13.2. The van der Waals surface area contributed by atoms with E-state index in [-0.39, 0.29) is 161 Å². The molecule has 0 saturated heterocycles. The van der Waals surface area contributed by atoms with Crippen LogP contribution in [0.1, 0.15) is 224 Å². The summed E-state index contributed by atoms with van der Waals surface area (Å²) in [5.41, 5.74) is 11.3. The molecular formula is C109H112BrClF13IN6O12. The number of alkyl halides is 12. The van der Waals surface area contributed by atoms with Crippen molar-refractivity contribution in [3.63, 3.8) is 0 Å². The van der Waals surface area contributed by atoms with Gasteiger partial charge in [0.15, 0.2) is 0 Å². The van der Waals surface area contributed by atoms with E-state index in [9.17, 15) is 85.8 Å². The molecule has 0 radical (unpaired) electrons. The number of hydrogen-bond acceptors (Lipinski definition) is 12. The summed E-state index contributed by atoms with van der Waals surface area (Å²) in [4.78, 5) is 69.6. The second kappa shape index (κ2) is 59.1. The predicted octanol–water partition coefficient (Wildman–Crippen LogP) is 31.6. The van der Waals surface area contributed by atoms with E-state index in [0.29, 0.717) is 82.3 Å². The van der Waals surface area contributed by atoms with Crippen LogP contribution >= 0.6 is 50.1 Å². The Kier molecular flexibility index (Phi) is 48.2. The van der Waals surface area contributed by atoms with Crippen molar-refractivity contribution in [1.82, 2.24) is 0 Å². The van der Waals surface area contributed by atoms with Gasteiger partial charge in [-0.3, -0.25) is 28.8 Å². The lowest BCUT2D eigenvalue weighted by Gasteiger charge is -2.16. The van der Waals surface area contributed by atoms with Crippen LogP contribution in [0.4, 0.5) is 91.2 Å². The van der Waals surface area contributed by atoms with Gasteiger partial charge in [0, 0.05) is 113 Å². The molecule has 6 amide bonds. The van der Waals surface area contributed by atoms with E-state index in [1.807, 2.05) is 43.3 Å². The molecule has 18 nitrogen and oxygen atoms in total. The first-order valence-corrected chi connectivity index (χ1v) is 47.5. The number of anilines is 6.